The minimum Gasteiger partial charge on any atom is -0.491 e. The van der Waals surface area contributed by atoms with Crippen LogP contribution in [-0.4, -0.2) is 45.0 Å². The Morgan fingerprint density at radius 1 is 1.14 bits per heavy atom. The molecule has 3 atom stereocenters. The van der Waals surface area contributed by atoms with Crippen LogP contribution >= 0.6 is 15.9 Å². The third kappa shape index (κ3) is 5.78. The first-order valence-corrected chi connectivity index (χ1v) is 11.2. The molecule has 0 aromatic heterocycles. The predicted octanol–water partition coefficient (Wildman–Crippen LogP) is 3.45. The van der Waals surface area contributed by atoms with E-state index in [0.29, 0.717) is 18.6 Å². The highest BCUT2D eigenvalue weighted by molar-refractivity contribution is 9.10. The van der Waals surface area contributed by atoms with Crippen LogP contribution in [-0.2, 0) is 19.0 Å². The summed E-state index contributed by atoms with van der Waals surface area (Å²) in [7, 11) is -3.82. The van der Waals surface area contributed by atoms with E-state index >= 15 is 0 Å². The summed E-state index contributed by atoms with van der Waals surface area (Å²) in [6.45, 7) is 1.91. The van der Waals surface area contributed by atoms with Gasteiger partial charge in [0.15, 0.2) is 0 Å². The van der Waals surface area contributed by atoms with Crippen molar-refractivity contribution in [3.63, 3.8) is 0 Å². The SMILES string of the molecule is Cc1ccc(S(=O)(=O)OCC2CCC(C(O)COc3ccc(Br)cc3)O2)cc1. The van der Waals surface area contributed by atoms with Gasteiger partial charge in [-0.3, -0.25) is 4.18 Å². The van der Waals surface area contributed by atoms with E-state index in [2.05, 4.69) is 15.9 Å². The fourth-order valence-electron chi connectivity index (χ4n) is 2.90. The number of rotatable bonds is 8. The first-order chi connectivity index (χ1) is 13.3. The van der Waals surface area contributed by atoms with E-state index in [0.717, 1.165) is 10.0 Å². The summed E-state index contributed by atoms with van der Waals surface area (Å²) in [6, 6.07) is 13.8. The second kappa shape index (κ2) is 9.37. The van der Waals surface area contributed by atoms with E-state index < -0.39 is 22.3 Å². The molecule has 2 aromatic rings. The van der Waals surface area contributed by atoms with E-state index in [1.807, 2.05) is 19.1 Å². The smallest absolute Gasteiger partial charge is 0.297 e. The van der Waals surface area contributed by atoms with Crippen molar-refractivity contribution < 1.29 is 27.2 Å². The maximum absolute atomic E-state index is 12.2. The van der Waals surface area contributed by atoms with Crippen LogP contribution in [0.4, 0.5) is 0 Å². The molecule has 0 aliphatic carbocycles. The molecule has 8 heteroatoms. The summed E-state index contributed by atoms with van der Waals surface area (Å²) < 4.78 is 41.9. The van der Waals surface area contributed by atoms with Crippen molar-refractivity contribution in [3.05, 3.63) is 58.6 Å². The van der Waals surface area contributed by atoms with Gasteiger partial charge in [-0.15, -0.1) is 0 Å². The van der Waals surface area contributed by atoms with Crippen molar-refractivity contribution in [1.29, 1.82) is 0 Å². The van der Waals surface area contributed by atoms with E-state index in [-0.39, 0.29) is 24.2 Å². The molecule has 0 spiro atoms. The Hall–Kier alpha value is -1.45. The summed E-state index contributed by atoms with van der Waals surface area (Å²) in [4.78, 5) is 0.121. The lowest BCUT2D eigenvalue weighted by molar-refractivity contribution is -0.0583. The summed E-state index contributed by atoms with van der Waals surface area (Å²) in [5.41, 5.74) is 0.972. The number of benzene rings is 2. The molecule has 0 radical (unpaired) electrons. The molecule has 28 heavy (non-hydrogen) atoms. The van der Waals surface area contributed by atoms with Gasteiger partial charge in [-0.1, -0.05) is 33.6 Å². The third-order valence-corrected chi connectivity index (χ3v) is 6.35. The molecule has 6 nitrogen and oxygen atoms in total. The Morgan fingerprint density at radius 2 is 1.82 bits per heavy atom. The van der Waals surface area contributed by atoms with E-state index in [1.165, 1.54) is 12.1 Å². The van der Waals surface area contributed by atoms with Gasteiger partial charge in [-0.25, -0.2) is 0 Å². The quantitative estimate of drug-likeness (QED) is 0.594. The van der Waals surface area contributed by atoms with Crippen LogP contribution in [0.1, 0.15) is 18.4 Å². The molecule has 0 saturated carbocycles. The molecule has 0 bridgehead atoms. The topological polar surface area (TPSA) is 82.1 Å². The van der Waals surface area contributed by atoms with Crippen LogP contribution in [0.2, 0.25) is 0 Å². The van der Waals surface area contributed by atoms with Crippen LogP contribution in [0.15, 0.2) is 57.9 Å². The van der Waals surface area contributed by atoms with Crippen molar-refractivity contribution in [3.8, 4) is 5.75 Å². The molecule has 3 rings (SSSR count). The first-order valence-electron chi connectivity index (χ1n) is 9.01. The largest absolute Gasteiger partial charge is 0.491 e. The lowest BCUT2D eigenvalue weighted by atomic mass is 10.1. The van der Waals surface area contributed by atoms with Gasteiger partial charge in [0.1, 0.15) is 18.5 Å². The van der Waals surface area contributed by atoms with Crippen molar-refractivity contribution in [2.24, 2.45) is 0 Å². The Morgan fingerprint density at radius 3 is 2.50 bits per heavy atom. The van der Waals surface area contributed by atoms with Gasteiger partial charge < -0.3 is 14.6 Å². The summed E-state index contributed by atoms with van der Waals surface area (Å²) in [6.07, 6.45) is -0.367. The molecule has 152 valence electrons. The van der Waals surface area contributed by atoms with Gasteiger partial charge in [0.05, 0.1) is 23.7 Å². The standard InChI is InChI=1S/C20H23BrO6S/c1-14-2-9-18(10-3-14)28(23,24)26-12-17-8-11-20(27-17)19(22)13-25-16-6-4-15(21)5-7-16/h2-7,9-10,17,19-20,22H,8,11-13H2,1H3. The van der Waals surface area contributed by atoms with Crippen molar-refractivity contribution >= 4 is 26.0 Å². The lowest BCUT2D eigenvalue weighted by Crippen LogP contribution is -2.32. The number of aryl methyl sites for hydroxylation is 1. The number of ether oxygens (including phenoxy) is 2. The number of hydrogen-bond donors (Lipinski definition) is 1. The van der Waals surface area contributed by atoms with Crippen molar-refractivity contribution in [1.82, 2.24) is 0 Å². The molecule has 1 heterocycles. The van der Waals surface area contributed by atoms with Crippen LogP contribution in [0.3, 0.4) is 0 Å². The highest BCUT2D eigenvalue weighted by Gasteiger charge is 2.32. The highest BCUT2D eigenvalue weighted by atomic mass is 79.9. The molecule has 1 fully saturated rings. The average Bonchev–Trinajstić information content (AvgIpc) is 3.15. The molecule has 3 unspecified atom stereocenters. The van der Waals surface area contributed by atoms with Gasteiger partial charge in [0.25, 0.3) is 10.1 Å². The molecule has 1 N–H and O–H groups in total. The van der Waals surface area contributed by atoms with Crippen molar-refractivity contribution in [2.75, 3.05) is 13.2 Å². The predicted molar refractivity (Wildman–Crippen MR) is 108 cm³/mol. The van der Waals surface area contributed by atoms with Crippen LogP contribution in [0.5, 0.6) is 5.75 Å². The lowest BCUT2D eigenvalue weighted by Gasteiger charge is -2.19. The highest BCUT2D eigenvalue weighted by Crippen LogP contribution is 2.25. The monoisotopic (exact) mass is 470 g/mol. The summed E-state index contributed by atoms with van der Waals surface area (Å²) >= 11 is 3.35. The van der Waals surface area contributed by atoms with Crippen molar-refractivity contribution in [2.45, 2.75) is 43.0 Å². The van der Waals surface area contributed by atoms with Gasteiger partial charge in [-0.2, -0.15) is 8.42 Å². The number of halogens is 1. The number of aliphatic hydroxyl groups excluding tert-OH is 1. The second-order valence-electron chi connectivity index (χ2n) is 6.76. The third-order valence-electron chi connectivity index (χ3n) is 4.52. The Kier molecular flexibility index (Phi) is 7.11. The first kappa shape index (κ1) is 21.3. The minimum atomic E-state index is -3.82. The molecule has 2 aromatic carbocycles. The molecule has 1 saturated heterocycles. The van der Waals surface area contributed by atoms with Gasteiger partial charge in [0, 0.05) is 4.47 Å². The minimum absolute atomic E-state index is 0.0764. The molecular formula is C20H23BrO6S. The average molecular weight is 471 g/mol. The van der Waals surface area contributed by atoms with E-state index in [9.17, 15) is 13.5 Å². The zero-order valence-electron chi connectivity index (χ0n) is 15.5. The van der Waals surface area contributed by atoms with Crippen LogP contribution in [0, 0.1) is 6.92 Å². The zero-order valence-corrected chi connectivity index (χ0v) is 17.9. The number of hydrogen-bond acceptors (Lipinski definition) is 6. The van der Waals surface area contributed by atoms with Gasteiger partial charge in [-0.05, 0) is 56.2 Å². The number of aliphatic hydroxyl groups is 1. The fraction of sp³-hybridized carbons (Fsp3) is 0.400. The second-order valence-corrected chi connectivity index (χ2v) is 9.29. The Labute approximate surface area is 173 Å². The van der Waals surface area contributed by atoms with Crippen LogP contribution < -0.4 is 4.74 Å². The van der Waals surface area contributed by atoms with Gasteiger partial charge in [0.2, 0.25) is 0 Å². The molecule has 0 amide bonds. The van der Waals surface area contributed by atoms with E-state index in [1.54, 1.807) is 24.3 Å². The normalized spacial score (nSPS) is 20.8. The van der Waals surface area contributed by atoms with Crippen LogP contribution in [0.25, 0.3) is 0 Å². The Balaban J connectivity index is 1.45. The fourth-order valence-corrected chi connectivity index (χ4v) is 4.10. The van der Waals surface area contributed by atoms with E-state index in [4.69, 9.17) is 13.7 Å². The summed E-state index contributed by atoms with van der Waals surface area (Å²) in [5.74, 6) is 0.657. The maximum atomic E-state index is 12.2. The maximum Gasteiger partial charge on any atom is 0.297 e. The Bertz CT molecular complexity index is 867. The van der Waals surface area contributed by atoms with Gasteiger partial charge >= 0.3 is 0 Å². The zero-order chi connectivity index (χ0) is 20.1. The summed E-state index contributed by atoms with van der Waals surface area (Å²) in [5, 5.41) is 10.3. The molecule has 1 aliphatic rings. The molecular weight excluding hydrogens is 448 g/mol. The molecule has 1 aliphatic heterocycles.